The third-order valence-corrected chi connectivity index (χ3v) is 11.1. The van der Waals surface area contributed by atoms with Gasteiger partial charge in [0.1, 0.15) is 0 Å². The van der Waals surface area contributed by atoms with Gasteiger partial charge < -0.3 is 20.3 Å². The summed E-state index contributed by atoms with van der Waals surface area (Å²) >= 11 is 0. The summed E-state index contributed by atoms with van der Waals surface area (Å²) in [4.78, 5) is 24.4. The molecule has 0 aliphatic carbocycles. The number of aliphatic hydroxyl groups excluding tert-OH is 2. The van der Waals surface area contributed by atoms with Gasteiger partial charge in [0.2, 0.25) is 5.91 Å². The number of ether oxygens (including phenoxy) is 1. The van der Waals surface area contributed by atoms with Crippen LogP contribution in [-0.2, 0) is 14.3 Å². The van der Waals surface area contributed by atoms with E-state index in [-0.39, 0.29) is 18.5 Å². The maximum absolute atomic E-state index is 12.4. The van der Waals surface area contributed by atoms with Gasteiger partial charge in [-0.2, -0.15) is 0 Å². The Labute approximate surface area is 353 Å². The van der Waals surface area contributed by atoms with Crippen LogP contribution in [0.2, 0.25) is 0 Å². The minimum absolute atomic E-state index is 0.0331. The molecule has 0 bridgehead atoms. The van der Waals surface area contributed by atoms with Crippen LogP contribution in [0.4, 0.5) is 0 Å². The van der Waals surface area contributed by atoms with E-state index in [4.69, 9.17) is 4.74 Å². The van der Waals surface area contributed by atoms with Crippen molar-refractivity contribution in [2.24, 2.45) is 0 Å². The number of unbranched alkanes of at least 4 members (excludes halogenated alkanes) is 30. The zero-order valence-corrected chi connectivity index (χ0v) is 37.8. The number of nitrogens with one attached hydrogen (secondary N) is 1. The number of allylic oxidation sites excluding steroid dienone is 5. The topological polar surface area (TPSA) is 95.9 Å². The van der Waals surface area contributed by atoms with E-state index in [1.54, 1.807) is 6.08 Å². The molecule has 0 aromatic heterocycles. The highest BCUT2D eigenvalue weighted by molar-refractivity contribution is 5.76. The summed E-state index contributed by atoms with van der Waals surface area (Å²) < 4.78 is 5.44. The van der Waals surface area contributed by atoms with E-state index in [1.807, 2.05) is 6.08 Å². The van der Waals surface area contributed by atoms with Crippen molar-refractivity contribution in [1.82, 2.24) is 5.32 Å². The van der Waals surface area contributed by atoms with Gasteiger partial charge in [0.25, 0.3) is 0 Å². The maximum atomic E-state index is 12.4. The van der Waals surface area contributed by atoms with Gasteiger partial charge in [-0.25, -0.2) is 0 Å². The number of carbonyl (C=O) groups is 2. The predicted molar refractivity (Wildman–Crippen MR) is 246 cm³/mol. The maximum Gasteiger partial charge on any atom is 0.305 e. The monoisotopic (exact) mass is 802 g/mol. The minimum atomic E-state index is -0.860. The van der Waals surface area contributed by atoms with Crippen LogP contribution in [0.5, 0.6) is 0 Å². The van der Waals surface area contributed by atoms with Crippen LogP contribution in [0.15, 0.2) is 36.5 Å². The summed E-state index contributed by atoms with van der Waals surface area (Å²) in [6.45, 7) is 4.82. The number of esters is 1. The van der Waals surface area contributed by atoms with Crippen molar-refractivity contribution in [1.29, 1.82) is 0 Å². The van der Waals surface area contributed by atoms with Crippen LogP contribution in [0.3, 0.4) is 0 Å². The first kappa shape index (κ1) is 55.1. The Hall–Kier alpha value is -1.92. The Morgan fingerprint density at radius 3 is 1.25 bits per heavy atom. The lowest BCUT2D eigenvalue weighted by atomic mass is 10.0. The highest BCUT2D eigenvalue weighted by Crippen LogP contribution is 2.14. The molecule has 57 heavy (non-hydrogen) atoms. The zero-order valence-electron chi connectivity index (χ0n) is 37.8. The second-order valence-electron chi connectivity index (χ2n) is 16.8. The van der Waals surface area contributed by atoms with E-state index in [0.29, 0.717) is 19.4 Å². The SMILES string of the molecule is CCCCCCCC/C=C\CCCCCCCC(=O)OCCCCC/C=C\CCCCCCCC(=O)NC(CO)C(O)/C=C/CCCCCCCCCCCCC. The molecule has 0 saturated carbocycles. The minimum Gasteiger partial charge on any atom is -0.466 e. The first-order valence-corrected chi connectivity index (χ1v) is 24.8. The molecule has 2 atom stereocenters. The second kappa shape index (κ2) is 46.8. The number of carbonyl (C=O) groups excluding carboxylic acids is 2. The molecular weight excluding hydrogens is 707 g/mol. The summed E-state index contributed by atoms with van der Waals surface area (Å²) in [7, 11) is 0. The summed E-state index contributed by atoms with van der Waals surface area (Å²) in [5.41, 5.74) is 0. The molecule has 0 heterocycles. The van der Waals surface area contributed by atoms with Crippen LogP contribution in [0, 0.1) is 0 Å². The Balaban J connectivity index is 3.55. The lowest BCUT2D eigenvalue weighted by Crippen LogP contribution is -2.45. The molecule has 0 saturated heterocycles. The van der Waals surface area contributed by atoms with Gasteiger partial charge in [0.15, 0.2) is 0 Å². The van der Waals surface area contributed by atoms with Crippen LogP contribution >= 0.6 is 0 Å². The number of rotatable bonds is 45. The summed E-state index contributed by atoms with van der Waals surface area (Å²) in [6, 6.07) is -0.646. The second-order valence-corrected chi connectivity index (χ2v) is 16.8. The lowest BCUT2D eigenvalue weighted by molar-refractivity contribution is -0.143. The molecule has 2 unspecified atom stereocenters. The van der Waals surface area contributed by atoms with E-state index in [9.17, 15) is 19.8 Å². The molecule has 0 aliphatic rings. The Bertz CT molecular complexity index is 931. The Kier molecular flexibility index (Phi) is 45.2. The molecule has 0 aromatic carbocycles. The van der Waals surface area contributed by atoms with E-state index in [0.717, 1.165) is 83.5 Å². The standard InChI is InChI=1S/C51H95NO5/c1-3-5-7-9-11-13-15-17-18-20-25-29-33-37-41-45-51(56)57-46-42-38-34-30-26-22-21-24-28-32-36-40-44-50(55)52-48(47-53)49(54)43-39-35-31-27-23-19-16-14-12-10-8-6-4-2/h17-18,22,26,39,43,48-49,53-54H,3-16,19-21,23-25,27-38,40-42,44-47H2,1-2H3,(H,52,55)/b18-17-,26-22-,43-39+. The first-order valence-electron chi connectivity index (χ1n) is 24.8. The van der Waals surface area contributed by atoms with Crippen LogP contribution < -0.4 is 5.32 Å². The Morgan fingerprint density at radius 1 is 0.474 bits per heavy atom. The van der Waals surface area contributed by atoms with Crippen molar-refractivity contribution in [2.45, 2.75) is 264 Å². The van der Waals surface area contributed by atoms with Gasteiger partial charge in [-0.3, -0.25) is 9.59 Å². The normalized spacial score (nSPS) is 13.0. The van der Waals surface area contributed by atoms with E-state index >= 15 is 0 Å². The highest BCUT2D eigenvalue weighted by atomic mass is 16.5. The smallest absolute Gasteiger partial charge is 0.305 e. The number of amides is 1. The average Bonchev–Trinajstić information content (AvgIpc) is 3.21. The van der Waals surface area contributed by atoms with Crippen molar-refractivity contribution >= 4 is 11.9 Å². The fraction of sp³-hybridized carbons (Fsp3) is 0.843. The predicted octanol–water partition coefficient (Wildman–Crippen LogP) is 14.5. The third-order valence-electron chi connectivity index (χ3n) is 11.1. The van der Waals surface area contributed by atoms with Crippen LogP contribution in [-0.4, -0.2) is 47.4 Å². The molecule has 0 rings (SSSR count). The molecule has 334 valence electrons. The highest BCUT2D eigenvalue weighted by Gasteiger charge is 2.18. The molecule has 0 radical (unpaired) electrons. The molecule has 6 heteroatoms. The zero-order chi connectivity index (χ0) is 41.5. The van der Waals surface area contributed by atoms with Gasteiger partial charge in [0, 0.05) is 12.8 Å². The van der Waals surface area contributed by atoms with E-state index in [1.165, 1.54) is 141 Å². The van der Waals surface area contributed by atoms with E-state index in [2.05, 4.69) is 43.5 Å². The quantitative estimate of drug-likeness (QED) is 0.0324. The lowest BCUT2D eigenvalue weighted by Gasteiger charge is -2.20. The summed E-state index contributed by atoms with van der Waals surface area (Å²) in [5, 5.41) is 23.0. The van der Waals surface area contributed by atoms with Crippen LogP contribution in [0.1, 0.15) is 251 Å². The summed E-state index contributed by atoms with van der Waals surface area (Å²) in [5.74, 6) is -0.129. The molecule has 6 nitrogen and oxygen atoms in total. The van der Waals surface area contributed by atoms with Crippen molar-refractivity contribution in [2.75, 3.05) is 13.2 Å². The molecule has 0 aromatic rings. The fourth-order valence-electron chi connectivity index (χ4n) is 7.27. The van der Waals surface area contributed by atoms with Gasteiger partial charge in [0.05, 0.1) is 25.4 Å². The molecule has 1 amide bonds. The molecular formula is C51H95NO5. The Morgan fingerprint density at radius 2 is 0.825 bits per heavy atom. The number of hydrogen-bond donors (Lipinski definition) is 3. The number of hydrogen-bond acceptors (Lipinski definition) is 5. The summed E-state index contributed by atoms with van der Waals surface area (Å²) in [6.07, 6.45) is 55.6. The van der Waals surface area contributed by atoms with Crippen molar-refractivity contribution in [3.8, 4) is 0 Å². The van der Waals surface area contributed by atoms with Crippen molar-refractivity contribution in [3.63, 3.8) is 0 Å². The number of aliphatic hydroxyl groups is 2. The van der Waals surface area contributed by atoms with Gasteiger partial charge >= 0.3 is 5.97 Å². The largest absolute Gasteiger partial charge is 0.466 e. The molecule has 0 fully saturated rings. The molecule has 3 N–H and O–H groups in total. The first-order chi connectivity index (χ1) is 28.0. The fourth-order valence-corrected chi connectivity index (χ4v) is 7.27. The van der Waals surface area contributed by atoms with Gasteiger partial charge in [-0.15, -0.1) is 0 Å². The van der Waals surface area contributed by atoms with E-state index < -0.39 is 12.1 Å². The molecule has 0 spiro atoms. The van der Waals surface area contributed by atoms with Crippen molar-refractivity contribution < 1.29 is 24.5 Å². The van der Waals surface area contributed by atoms with Gasteiger partial charge in [-0.1, -0.05) is 185 Å². The van der Waals surface area contributed by atoms with Crippen LogP contribution in [0.25, 0.3) is 0 Å². The van der Waals surface area contributed by atoms with Crippen molar-refractivity contribution in [3.05, 3.63) is 36.5 Å². The average molecular weight is 802 g/mol. The molecule has 0 aliphatic heterocycles. The van der Waals surface area contributed by atoms with Gasteiger partial charge in [-0.05, 0) is 89.9 Å². The third kappa shape index (κ3) is 43.5.